The lowest BCUT2D eigenvalue weighted by Crippen LogP contribution is -2.36. The minimum absolute atomic E-state index is 0.0723. The second-order valence-corrected chi connectivity index (χ2v) is 8.62. The van der Waals surface area contributed by atoms with Gasteiger partial charge in [-0.2, -0.15) is 0 Å². The first-order valence-electron chi connectivity index (χ1n) is 10.4. The molecule has 172 valence electrons. The van der Waals surface area contributed by atoms with Crippen LogP contribution < -0.4 is 10.1 Å². The Hall–Kier alpha value is -3.07. The number of phenols is 1. The number of aliphatic hydroxyl groups is 2. The average molecular weight is 514 g/mol. The Morgan fingerprint density at radius 2 is 1.67 bits per heavy atom. The summed E-state index contributed by atoms with van der Waals surface area (Å²) in [5.41, 5.74) is 4.73. The van der Waals surface area contributed by atoms with Crippen molar-refractivity contribution >= 4 is 22.0 Å². The van der Waals surface area contributed by atoms with E-state index >= 15 is 0 Å². The van der Waals surface area contributed by atoms with Crippen molar-refractivity contribution in [2.24, 2.45) is 0 Å². The highest BCUT2D eigenvalue weighted by Crippen LogP contribution is 2.44. The van der Waals surface area contributed by atoms with E-state index in [1.54, 1.807) is 0 Å². The van der Waals surface area contributed by atoms with Crippen molar-refractivity contribution in [3.05, 3.63) is 81.8 Å². The molecule has 0 aromatic heterocycles. The predicted octanol–water partition coefficient (Wildman–Crippen LogP) is 4.10. The van der Waals surface area contributed by atoms with E-state index in [0.29, 0.717) is 4.47 Å². The Bertz CT molecular complexity index is 1120. The molecule has 0 spiro atoms. The van der Waals surface area contributed by atoms with Crippen molar-refractivity contribution in [2.45, 2.75) is 18.1 Å². The summed E-state index contributed by atoms with van der Waals surface area (Å²) in [5.74, 6) is -0.0209. The van der Waals surface area contributed by atoms with Crippen LogP contribution in [0.15, 0.2) is 65.1 Å². The van der Waals surface area contributed by atoms with Gasteiger partial charge in [0, 0.05) is 22.5 Å². The largest absolute Gasteiger partial charge is 0.504 e. The number of fused-ring (bicyclic) bond motifs is 3. The normalized spacial score (nSPS) is 14.2. The Morgan fingerprint density at radius 1 is 1.06 bits per heavy atom. The molecule has 0 radical (unpaired) electrons. The monoisotopic (exact) mass is 513 g/mol. The highest BCUT2D eigenvalue weighted by molar-refractivity contribution is 9.10. The van der Waals surface area contributed by atoms with Gasteiger partial charge in [-0.1, -0.05) is 64.5 Å². The van der Waals surface area contributed by atoms with Crippen molar-refractivity contribution < 1.29 is 29.6 Å². The summed E-state index contributed by atoms with van der Waals surface area (Å²) in [4.78, 5) is 12.3. The molecule has 4 rings (SSSR count). The number of hydrogen-bond donors (Lipinski definition) is 4. The fraction of sp³-hybridized carbons (Fsp3) is 0.240. The third-order valence-electron chi connectivity index (χ3n) is 5.78. The van der Waals surface area contributed by atoms with Crippen LogP contribution in [0.25, 0.3) is 11.1 Å². The third-order valence-corrected chi connectivity index (χ3v) is 6.47. The summed E-state index contributed by atoms with van der Waals surface area (Å²) in [6.45, 7) is -0.0898. The number of hydrogen-bond acceptors (Lipinski definition) is 6. The fourth-order valence-corrected chi connectivity index (χ4v) is 4.66. The summed E-state index contributed by atoms with van der Waals surface area (Å²) in [7, 11) is 1.41. The Kier molecular flexibility index (Phi) is 6.88. The van der Waals surface area contributed by atoms with Gasteiger partial charge in [0.2, 0.25) is 0 Å². The van der Waals surface area contributed by atoms with Gasteiger partial charge in [0.05, 0.1) is 7.11 Å². The van der Waals surface area contributed by atoms with Crippen LogP contribution >= 0.6 is 15.9 Å². The van der Waals surface area contributed by atoms with Crippen molar-refractivity contribution in [3.8, 4) is 22.6 Å². The fourth-order valence-electron chi connectivity index (χ4n) is 4.11. The second-order valence-electron chi connectivity index (χ2n) is 7.76. The molecule has 7 nitrogen and oxygen atoms in total. The molecule has 8 heteroatoms. The van der Waals surface area contributed by atoms with Gasteiger partial charge in [0.1, 0.15) is 18.8 Å². The standard InChI is InChI=1S/C25H24BrNO6/c1-32-23-11-20(26)18(10-21(23)28)24(30)22(29)12-27-25(31)33-13-19-16-8-4-2-6-14(16)15-7-3-5-9-17(15)19/h2-11,19,22,24,28-30H,12-13H2,1H3,(H,27,31). The van der Waals surface area contributed by atoms with Crippen LogP contribution in [-0.2, 0) is 4.74 Å². The molecule has 4 N–H and O–H groups in total. The molecule has 3 aromatic carbocycles. The Morgan fingerprint density at radius 3 is 2.27 bits per heavy atom. The lowest BCUT2D eigenvalue weighted by atomic mass is 9.98. The zero-order valence-corrected chi connectivity index (χ0v) is 19.5. The molecule has 0 heterocycles. The van der Waals surface area contributed by atoms with Gasteiger partial charge < -0.3 is 30.1 Å². The number of rotatable bonds is 7. The number of phenolic OH excluding ortho intramolecular Hbond substituents is 1. The predicted molar refractivity (Wildman–Crippen MR) is 126 cm³/mol. The molecule has 1 amide bonds. The van der Waals surface area contributed by atoms with E-state index in [9.17, 15) is 20.1 Å². The molecule has 1 aliphatic carbocycles. The number of ether oxygens (including phenoxy) is 2. The lowest BCUT2D eigenvalue weighted by molar-refractivity contribution is 0.0180. The quantitative estimate of drug-likeness (QED) is 0.378. The number of aliphatic hydroxyl groups excluding tert-OH is 2. The summed E-state index contributed by atoms with van der Waals surface area (Å²) in [6, 6.07) is 18.9. The first-order chi connectivity index (χ1) is 15.9. The van der Waals surface area contributed by atoms with Gasteiger partial charge >= 0.3 is 6.09 Å². The van der Waals surface area contributed by atoms with Crippen LogP contribution in [0.3, 0.4) is 0 Å². The highest BCUT2D eigenvalue weighted by atomic mass is 79.9. The lowest BCUT2D eigenvalue weighted by Gasteiger charge is -2.21. The topological polar surface area (TPSA) is 108 Å². The van der Waals surface area contributed by atoms with E-state index in [0.717, 1.165) is 22.3 Å². The number of aromatic hydroxyl groups is 1. The van der Waals surface area contributed by atoms with E-state index < -0.39 is 18.3 Å². The van der Waals surface area contributed by atoms with Crippen LogP contribution in [0, 0.1) is 0 Å². The highest BCUT2D eigenvalue weighted by Gasteiger charge is 2.29. The molecule has 1 aliphatic rings. The van der Waals surface area contributed by atoms with Crippen LogP contribution in [-0.4, -0.2) is 47.8 Å². The molecule has 0 fully saturated rings. The smallest absolute Gasteiger partial charge is 0.407 e. The second kappa shape index (κ2) is 9.82. The zero-order chi connectivity index (χ0) is 23.5. The first-order valence-corrected chi connectivity index (χ1v) is 11.2. The maximum atomic E-state index is 12.3. The number of carbonyl (C=O) groups is 1. The summed E-state index contributed by atoms with van der Waals surface area (Å²) in [5, 5.41) is 33.3. The number of carbonyl (C=O) groups excluding carboxylic acids is 1. The average Bonchev–Trinajstić information content (AvgIpc) is 3.15. The van der Waals surface area contributed by atoms with Crippen LogP contribution in [0.5, 0.6) is 11.5 Å². The molecular weight excluding hydrogens is 490 g/mol. The molecule has 0 saturated carbocycles. The molecule has 2 atom stereocenters. The van der Waals surface area contributed by atoms with E-state index in [4.69, 9.17) is 9.47 Å². The van der Waals surface area contributed by atoms with Crippen molar-refractivity contribution in [2.75, 3.05) is 20.3 Å². The minimum atomic E-state index is -1.36. The summed E-state index contributed by atoms with van der Waals surface area (Å²) in [6.07, 6.45) is -3.38. The Labute approximate surface area is 199 Å². The number of alkyl carbamates (subject to hydrolysis) is 1. The van der Waals surface area contributed by atoms with E-state index in [1.165, 1.54) is 19.2 Å². The zero-order valence-electron chi connectivity index (χ0n) is 17.9. The number of methoxy groups -OCH3 is 1. The molecule has 2 unspecified atom stereocenters. The number of nitrogens with one attached hydrogen (secondary N) is 1. The molecule has 0 bridgehead atoms. The maximum absolute atomic E-state index is 12.3. The van der Waals surface area contributed by atoms with E-state index in [-0.39, 0.29) is 36.1 Å². The van der Waals surface area contributed by atoms with Crippen LogP contribution in [0.2, 0.25) is 0 Å². The van der Waals surface area contributed by atoms with Gasteiger partial charge in [-0.15, -0.1) is 0 Å². The maximum Gasteiger partial charge on any atom is 0.407 e. The summed E-state index contributed by atoms with van der Waals surface area (Å²) >= 11 is 3.29. The Balaban J connectivity index is 1.35. The van der Waals surface area contributed by atoms with Crippen molar-refractivity contribution in [3.63, 3.8) is 0 Å². The van der Waals surface area contributed by atoms with Gasteiger partial charge in [-0.3, -0.25) is 0 Å². The summed E-state index contributed by atoms with van der Waals surface area (Å²) < 4.78 is 10.9. The number of benzene rings is 3. The number of halogens is 1. The van der Waals surface area contributed by atoms with Gasteiger partial charge in [-0.25, -0.2) is 4.79 Å². The van der Waals surface area contributed by atoms with E-state index in [2.05, 4.69) is 33.4 Å². The van der Waals surface area contributed by atoms with Gasteiger partial charge in [0.15, 0.2) is 11.5 Å². The molecule has 3 aromatic rings. The van der Waals surface area contributed by atoms with E-state index in [1.807, 2.05) is 36.4 Å². The van der Waals surface area contributed by atoms with Crippen molar-refractivity contribution in [1.82, 2.24) is 5.32 Å². The SMILES string of the molecule is COc1cc(Br)c(C(O)C(O)CNC(=O)OCC2c3ccccc3-c3ccccc32)cc1O. The number of amides is 1. The van der Waals surface area contributed by atoms with Crippen LogP contribution in [0.1, 0.15) is 28.7 Å². The van der Waals surface area contributed by atoms with Crippen LogP contribution in [0.4, 0.5) is 4.79 Å². The van der Waals surface area contributed by atoms with Gasteiger partial charge in [-0.05, 0) is 34.4 Å². The minimum Gasteiger partial charge on any atom is -0.504 e. The van der Waals surface area contributed by atoms with Gasteiger partial charge in [0.25, 0.3) is 0 Å². The molecular formula is C25H24BrNO6. The van der Waals surface area contributed by atoms with Crippen molar-refractivity contribution in [1.29, 1.82) is 0 Å². The first kappa shape index (κ1) is 23.1. The third kappa shape index (κ3) is 4.68. The molecule has 0 aliphatic heterocycles. The molecule has 0 saturated heterocycles. The molecule has 33 heavy (non-hydrogen) atoms.